The van der Waals surface area contributed by atoms with Crippen molar-refractivity contribution in [1.29, 1.82) is 0 Å². The van der Waals surface area contributed by atoms with Gasteiger partial charge in [0, 0.05) is 37.8 Å². The minimum absolute atomic E-state index is 0.0366. The first-order valence-corrected chi connectivity index (χ1v) is 8.52. The summed E-state index contributed by atoms with van der Waals surface area (Å²) in [5.74, 6) is 1.84. The van der Waals surface area contributed by atoms with Gasteiger partial charge in [-0.2, -0.15) is 0 Å². The second-order valence-electron chi connectivity index (χ2n) is 6.30. The molecule has 2 aromatic rings. The van der Waals surface area contributed by atoms with Gasteiger partial charge in [0.1, 0.15) is 11.6 Å². The molecule has 1 aliphatic heterocycles. The number of carbonyl (C=O) groups is 1. The van der Waals surface area contributed by atoms with Crippen molar-refractivity contribution in [3.05, 3.63) is 40.9 Å². The summed E-state index contributed by atoms with van der Waals surface area (Å²) in [6.07, 6.45) is 5.36. The van der Waals surface area contributed by atoms with Gasteiger partial charge in [0.15, 0.2) is 0 Å². The van der Waals surface area contributed by atoms with Crippen molar-refractivity contribution in [2.75, 3.05) is 18.0 Å². The summed E-state index contributed by atoms with van der Waals surface area (Å²) < 4.78 is 5.13. The maximum atomic E-state index is 12.1. The van der Waals surface area contributed by atoms with Gasteiger partial charge in [0.05, 0.1) is 5.69 Å². The molecule has 0 radical (unpaired) electrons. The first-order chi connectivity index (χ1) is 11.6. The van der Waals surface area contributed by atoms with Crippen molar-refractivity contribution in [1.82, 2.24) is 15.5 Å². The lowest BCUT2D eigenvalue weighted by Gasteiger charge is -2.17. The number of hydrogen-bond acceptors (Lipinski definition) is 5. The molecule has 0 bridgehead atoms. The van der Waals surface area contributed by atoms with Crippen LogP contribution in [0.5, 0.6) is 0 Å². The van der Waals surface area contributed by atoms with Crippen molar-refractivity contribution in [3.8, 4) is 0 Å². The van der Waals surface area contributed by atoms with E-state index in [4.69, 9.17) is 4.52 Å². The average molecular weight is 328 g/mol. The van der Waals surface area contributed by atoms with Crippen molar-refractivity contribution in [2.45, 2.75) is 46.1 Å². The van der Waals surface area contributed by atoms with E-state index in [1.807, 2.05) is 26.1 Å². The number of rotatable bonds is 6. The standard InChI is InChI=1S/C18H24N4O2/c1-13-16(14(2)24-21-13)5-6-18(23)20-12-15-7-8-19-17(11-15)22-9-3-4-10-22/h7-8,11H,3-6,9-10,12H2,1-2H3,(H,20,23). The van der Waals surface area contributed by atoms with Gasteiger partial charge in [0.2, 0.25) is 5.91 Å². The highest BCUT2D eigenvalue weighted by Crippen LogP contribution is 2.18. The molecule has 3 rings (SSSR count). The smallest absolute Gasteiger partial charge is 0.220 e. The van der Waals surface area contributed by atoms with Gasteiger partial charge in [-0.1, -0.05) is 5.16 Å². The van der Waals surface area contributed by atoms with E-state index in [9.17, 15) is 4.79 Å². The van der Waals surface area contributed by atoms with E-state index in [-0.39, 0.29) is 5.91 Å². The SMILES string of the molecule is Cc1noc(C)c1CCC(=O)NCc1ccnc(N2CCCC2)c1. The highest BCUT2D eigenvalue weighted by atomic mass is 16.5. The van der Waals surface area contributed by atoms with Crippen molar-refractivity contribution < 1.29 is 9.32 Å². The van der Waals surface area contributed by atoms with Gasteiger partial charge in [0.25, 0.3) is 0 Å². The van der Waals surface area contributed by atoms with Crippen LogP contribution in [0.25, 0.3) is 0 Å². The molecule has 0 spiro atoms. The zero-order valence-corrected chi connectivity index (χ0v) is 14.3. The summed E-state index contributed by atoms with van der Waals surface area (Å²) in [5, 5.41) is 6.90. The van der Waals surface area contributed by atoms with E-state index < -0.39 is 0 Å². The van der Waals surface area contributed by atoms with Crippen LogP contribution >= 0.6 is 0 Å². The Morgan fingerprint density at radius 3 is 2.83 bits per heavy atom. The second kappa shape index (κ2) is 7.47. The molecule has 0 unspecified atom stereocenters. The van der Waals surface area contributed by atoms with Crippen LogP contribution < -0.4 is 10.2 Å². The zero-order chi connectivity index (χ0) is 16.9. The minimum atomic E-state index is 0.0366. The fraction of sp³-hybridized carbons (Fsp3) is 0.500. The molecule has 6 heteroatoms. The second-order valence-corrected chi connectivity index (χ2v) is 6.30. The van der Waals surface area contributed by atoms with Gasteiger partial charge in [-0.15, -0.1) is 0 Å². The molecule has 0 aromatic carbocycles. The normalized spacial score (nSPS) is 14.2. The average Bonchev–Trinajstić information content (AvgIpc) is 3.22. The van der Waals surface area contributed by atoms with E-state index in [1.165, 1.54) is 12.8 Å². The third-order valence-electron chi connectivity index (χ3n) is 4.51. The molecule has 0 aliphatic carbocycles. The van der Waals surface area contributed by atoms with Crippen LogP contribution in [0.3, 0.4) is 0 Å². The number of nitrogens with zero attached hydrogens (tertiary/aromatic N) is 3. The molecule has 1 saturated heterocycles. The maximum absolute atomic E-state index is 12.1. The van der Waals surface area contributed by atoms with Crippen LogP contribution in [-0.4, -0.2) is 29.1 Å². The molecule has 1 fully saturated rings. The van der Waals surface area contributed by atoms with Gasteiger partial charge < -0.3 is 14.7 Å². The van der Waals surface area contributed by atoms with E-state index in [0.717, 1.165) is 41.5 Å². The molecule has 1 N–H and O–H groups in total. The largest absolute Gasteiger partial charge is 0.361 e. The number of nitrogens with one attached hydrogen (secondary N) is 1. The molecule has 2 aromatic heterocycles. The summed E-state index contributed by atoms with van der Waals surface area (Å²) in [5.41, 5.74) is 2.98. The molecule has 6 nitrogen and oxygen atoms in total. The summed E-state index contributed by atoms with van der Waals surface area (Å²) >= 11 is 0. The Labute approximate surface area is 142 Å². The lowest BCUT2D eigenvalue weighted by Crippen LogP contribution is -2.24. The highest BCUT2D eigenvalue weighted by Gasteiger charge is 2.14. The number of amides is 1. The lowest BCUT2D eigenvalue weighted by atomic mass is 10.1. The monoisotopic (exact) mass is 328 g/mol. The summed E-state index contributed by atoms with van der Waals surface area (Å²) in [6.45, 7) is 6.45. The number of pyridine rings is 1. The molecule has 0 saturated carbocycles. The molecule has 24 heavy (non-hydrogen) atoms. The Kier molecular flexibility index (Phi) is 5.13. The minimum Gasteiger partial charge on any atom is -0.361 e. The predicted octanol–water partition coefficient (Wildman–Crippen LogP) is 2.54. The fourth-order valence-electron chi connectivity index (χ4n) is 3.08. The van der Waals surface area contributed by atoms with Crippen LogP contribution in [0.15, 0.2) is 22.9 Å². The number of aryl methyl sites for hydroxylation is 2. The summed E-state index contributed by atoms with van der Waals surface area (Å²) in [7, 11) is 0. The third kappa shape index (κ3) is 3.93. The Morgan fingerprint density at radius 1 is 1.33 bits per heavy atom. The quantitative estimate of drug-likeness (QED) is 0.882. The molecular weight excluding hydrogens is 304 g/mol. The molecule has 1 amide bonds. The molecule has 128 valence electrons. The highest BCUT2D eigenvalue weighted by molar-refractivity contribution is 5.76. The lowest BCUT2D eigenvalue weighted by molar-refractivity contribution is -0.121. The van der Waals surface area contributed by atoms with E-state index >= 15 is 0 Å². The molecule has 0 atom stereocenters. The van der Waals surface area contributed by atoms with Gasteiger partial charge in [-0.3, -0.25) is 4.79 Å². The van der Waals surface area contributed by atoms with Gasteiger partial charge in [-0.25, -0.2) is 4.98 Å². The Bertz CT molecular complexity index is 685. The van der Waals surface area contributed by atoms with Crippen molar-refractivity contribution in [3.63, 3.8) is 0 Å². The number of hydrogen-bond donors (Lipinski definition) is 1. The number of anilines is 1. The third-order valence-corrected chi connectivity index (χ3v) is 4.51. The first kappa shape index (κ1) is 16.5. The van der Waals surface area contributed by atoms with Gasteiger partial charge in [-0.05, 0) is 50.8 Å². The van der Waals surface area contributed by atoms with Crippen molar-refractivity contribution >= 4 is 11.7 Å². The van der Waals surface area contributed by atoms with E-state index in [1.54, 1.807) is 0 Å². The van der Waals surface area contributed by atoms with E-state index in [0.29, 0.717) is 19.4 Å². The fourth-order valence-corrected chi connectivity index (χ4v) is 3.08. The van der Waals surface area contributed by atoms with Crippen LogP contribution in [-0.2, 0) is 17.8 Å². The van der Waals surface area contributed by atoms with Gasteiger partial charge >= 0.3 is 0 Å². The Balaban J connectivity index is 1.50. The molecule has 1 aliphatic rings. The summed E-state index contributed by atoms with van der Waals surface area (Å²) in [4.78, 5) is 18.8. The molecular formula is C18H24N4O2. The van der Waals surface area contributed by atoms with E-state index in [2.05, 4.69) is 26.4 Å². The Hall–Kier alpha value is -2.37. The van der Waals surface area contributed by atoms with Crippen LogP contribution in [0.4, 0.5) is 5.82 Å². The van der Waals surface area contributed by atoms with Crippen LogP contribution in [0, 0.1) is 13.8 Å². The van der Waals surface area contributed by atoms with Crippen LogP contribution in [0.2, 0.25) is 0 Å². The van der Waals surface area contributed by atoms with Crippen molar-refractivity contribution in [2.24, 2.45) is 0 Å². The topological polar surface area (TPSA) is 71.3 Å². The molecule has 3 heterocycles. The predicted molar refractivity (Wildman–Crippen MR) is 91.8 cm³/mol. The summed E-state index contributed by atoms with van der Waals surface area (Å²) in [6, 6.07) is 4.02. The Morgan fingerprint density at radius 2 is 2.12 bits per heavy atom. The number of carbonyl (C=O) groups excluding carboxylic acids is 1. The first-order valence-electron chi connectivity index (χ1n) is 8.52. The zero-order valence-electron chi connectivity index (χ0n) is 14.3. The number of aromatic nitrogens is 2. The maximum Gasteiger partial charge on any atom is 0.220 e. The van der Waals surface area contributed by atoms with Crippen LogP contribution in [0.1, 0.15) is 41.8 Å².